The van der Waals surface area contributed by atoms with E-state index in [-0.39, 0.29) is 0 Å². The van der Waals surface area contributed by atoms with E-state index in [1.54, 1.807) is 11.8 Å². The van der Waals surface area contributed by atoms with Crippen LogP contribution in [-0.2, 0) is 0 Å². The molecule has 0 saturated carbocycles. The number of rotatable bonds is 10. The van der Waals surface area contributed by atoms with Crippen molar-refractivity contribution in [3.8, 4) is 0 Å². The average Bonchev–Trinajstić information content (AvgIpc) is 2.73. The van der Waals surface area contributed by atoms with Crippen molar-refractivity contribution in [3.05, 3.63) is 5.28 Å². The van der Waals surface area contributed by atoms with E-state index >= 15 is 0 Å². The maximum absolute atomic E-state index is 5.66. The third-order valence-corrected chi connectivity index (χ3v) is 4.80. The Hall–Kier alpha value is 0.200. The minimum absolute atomic E-state index is 0.383. The van der Waals surface area contributed by atoms with Crippen LogP contribution in [0.1, 0.15) is 58.3 Å². The number of hydrogen-bond donors (Lipinski definition) is 0. The zero-order chi connectivity index (χ0) is 12.3. The molecule has 0 atom stereocenters. The van der Waals surface area contributed by atoms with Crippen LogP contribution in [0.4, 0.5) is 0 Å². The Morgan fingerprint density at radius 2 is 1.71 bits per heavy atom. The fourth-order valence-electron chi connectivity index (χ4n) is 1.65. The molecule has 0 saturated heterocycles. The summed E-state index contributed by atoms with van der Waals surface area (Å²) < 4.78 is 4.95. The minimum Gasteiger partial charge on any atom is -0.198 e. The highest BCUT2D eigenvalue weighted by atomic mass is 35.5. The fraction of sp³-hybridized carbons (Fsp3) is 0.833. The Morgan fingerprint density at radius 1 is 1.06 bits per heavy atom. The van der Waals surface area contributed by atoms with E-state index in [1.807, 2.05) is 0 Å². The van der Waals surface area contributed by atoms with E-state index in [9.17, 15) is 0 Å². The molecule has 1 heterocycles. The predicted octanol–water partition coefficient (Wildman–Crippen LogP) is 5.42. The first kappa shape index (κ1) is 15.3. The van der Waals surface area contributed by atoms with Gasteiger partial charge in [0.2, 0.25) is 5.28 Å². The van der Waals surface area contributed by atoms with E-state index in [2.05, 4.69) is 16.3 Å². The number of nitrogens with zero attached hydrogens (tertiary/aromatic N) is 2. The van der Waals surface area contributed by atoms with Crippen LogP contribution in [0.15, 0.2) is 4.34 Å². The Balaban J connectivity index is 1.84. The van der Waals surface area contributed by atoms with E-state index in [4.69, 9.17) is 11.6 Å². The smallest absolute Gasteiger partial charge is 0.198 e. The third kappa shape index (κ3) is 8.01. The van der Waals surface area contributed by atoms with Gasteiger partial charge < -0.3 is 0 Å². The molecule has 0 fully saturated rings. The molecule has 0 aliphatic carbocycles. The lowest BCUT2D eigenvalue weighted by atomic mass is 10.1. The lowest BCUT2D eigenvalue weighted by Crippen LogP contribution is -1.83. The summed E-state index contributed by atoms with van der Waals surface area (Å²) in [5.41, 5.74) is 0. The normalized spacial score (nSPS) is 10.9. The lowest BCUT2D eigenvalue weighted by molar-refractivity contribution is 0.586. The van der Waals surface area contributed by atoms with Crippen LogP contribution in [0.5, 0.6) is 0 Å². The summed E-state index contributed by atoms with van der Waals surface area (Å²) in [6.07, 6.45) is 10.9. The molecule has 1 aromatic rings. The van der Waals surface area contributed by atoms with Crippen LogP contribution in [0.3, 0.4) is 0 Å². The van der Waals surface area contributed by atoms with Gasteiger partial charge in [-0.1, -0.05) is 63.6 Å². The molecule has 17 heavy (non-hydrogen) atoms. The minimum atomic E-state index is 0.383. The van der Waals surface area contributed by atoms with E-state index in [0.717, 1.165) is 10.1 Å². The van der Waals surface area contributed by atoms with E-state index in [0.29, 0.717) is 5.28 Å². The number of aromatic nitrogens is 2. The van der Waals surface area contributed by atoms with Gasteiger partial charge in [-0.15, -0.1) is 0 Å². The molecule has 5 heteroatoms. The third-order valence-electron chi connectivity index (χ3n) is 2.61. The maximum atomic E-state index is 5.66. The zero-order valence-corrected chi connectivity index (χ0v) is 12.8. The van der Waals surface area contributed by atoms with Gasteiger partial charge in [-0.2, -0.15) is 9.36 Å². The molecule has 0 radical (unpaired) electrons. The molecule has 0 aromatic carbocycles. The highest BCUT2D eigenvalue weighted by molar-refractivity contribution is 8.00. The van der Waals surface area contributed by atoms with Crippen molar-refractivity contribution in [2.75, 3.05) is 5.75 Å². The van der Waals surface area contributed by atoms with Gasteiger partial charge >= 0.3 is 0 Å². The molecule has 2 nitrogen and oxygen atoms in total. The largest absolute Gasteiger partial charge is 0.235 e. The first-order valence-corrected chi connectivity index (χ1v) is 8.58. The molecular formula is C12H21ClN2S2. The summed E-state index contributed by atoms with van der Waals surface area (Å²) >= 11 is 8.83. The summed E-state index contributed by atoms with van der Waals surface area (Å²) in [6, 6.07) is 0. The van der Waals surface area contributed by atoms with Gasteiger partial charge in [0.1, 0.15) is 0 Å². The second-order valence-electron chi connectivity index (χ2n) is 4.15. The van der Waals surface area contributed by atoms with Crippen molar-refractivity contribution in [1.82, 2.24) is 9.36 Å². The van der Waals surface area contributed by atoms with Crippen LogP contribution in [0.2, 0.25) is 5.28 Å². The van der Waals surface area contributed by atoms with Crippen molar-refractivity contribution in [3.63, 3.8) is 0 Å². The topological polar surface area (TPSA) is 25.8 Å². The molecule has 1 rings (SSSR count). The fourth-order valence-corrected chi connectivity index (χ4v) is 3.50. The molecule has 98 valence electrons. The van der Waals surface area contributed by atoms with Gasteiger partial charge in [0.05, 0.1) is 0 Å². The van der Waals surface area contributed by atoms with Crippen LogP contribution in [0, 0.1) is 0 Å². The Labute approximate surface area is 118 Å². The summed E-state index contributed by atoms with van der Waals surface area (Å²) in [6.45, 7) is 2.26. The summed E-state index contributed by atoms with van der Waals surface area (Å²) in [7, 11) is 0. The Kier molecular flexibility index (Phi) is 9.11. The average molecular weight is 293 g/mol. The summed E-state index contributed by atoms with van der Waals surface area (Å²) in [4.78, 5) is 4.11. The van der Waals surface area contributed by atoms with E-state index < -0.39 is 0 Å². The SMILES string of the molecule is CCCCCCCCCCSc1nc(Cl)ns1. The Morgan fingerprint density at radius 3 is 2.29 bits per heavy atom. The molecule has 0 amide bonds. The highest BCUT2D eigenvalue weighted by Crippen LogP contribution is 2.23. The van der Waals surface area contributed by atoms with Crippen LogP contribution < -0.4 is 0 Å². The van der Waals surface area contributed by atoms with Crippen molar-refractivity contribution in [1.29, 1.82) is 0 Å². The molecule has 0 aliphatic heterocycles. The summed E-state index contributed by atoms with van der Waals surface area (Å²) in [5, 5.41) is 0.383. The molecule has 1 aromatic heterocycles. The van der Waals surface area contributed by atoms with Gasteiger partial charge in [0.15, 0.2) is 4.34 Å². The van der Waals surface area contributed by atoms with Gasteiger partial charge in [-0.3, -0.25) is 0 Å². The zero-order valence-electron chi connectivity index (χ0n) is 10.5. The number of hydrogen-bond acceptors (Lipinski definition) is 4. The van der Waals surface area contributed by atoms with Gasteiger partial charge in [-0.05, 0) is 29.6 Å². The molecule has 0 bridgehead atoms. The first-order valence-electron chi connectivity index (χ1n) is 6.45. The van der Waals surface area contributed by atoms with Crippen LogP contribution in [-0.4, -0.2) is 15.1 Å². The second-order valence-corrected chi connectivity index (χ2v) is 6.58. The van der Waals surface area contributed by atoms with Gasteiger partial charge in [0.25, 0.3) is 0 Å². The standard InChI is InChI=1S/C12H21ClN2S2/c1-2-3-4-5-6-7-8-9-10-16-12-14-11(13)15-17-12/h2-10H2,1H3. The monoisotopic (exact) mass is 292 g/mol. The van der Waals surface area contributed by atoms with Gasteiger partial charge in [0, 0.05) is 5.75 Å². The van der Waals surface area contributed by atoms with Crippen LogP contribution >= 0.6 is 34.9 Å². The Bertz CT molecular complexity index is 292. The van der Waals surface area contributed by atoms with Crippen molar-refractivity contribution >= 4 is 34.9 Å². The molecule has 0 N–H and O–H groups in total. The van der Waals surface area contributed by atoms with Crippen molar-refractivity contribution in [2.24, 2.45) is 0 Å². The molecular weight excluding hydrogens is 272 g/mol. The molecule has 0 aliphatic rings. The first-order chi connectivity index (χ1) is 8.33. The molecule has 0 unspecified atom stereocenters. The van der Waals surface area contributed by atoms with E-state index in [1.165, 1.54) is 62.9 Å². The molecule has 0 spiro atoms. The second kappa shape index (κ2) is 10.2. The quantitative estimate of drug-likeness (QED) is 0.425. The number of thioether (sulfide) groups is 1. The van der Waals surface area contributed by atoms with Crippen molar-refractivity contribution < 1.29 is 0 Å². The lowest BCUT2D eigenvalue weighted by Gasteiger charge is -2.00. The highest BCUT2D eigenvalue weighted by Gasteiger charge is 2.01. The summed E-state index contributed by atoms with van der Waals surface area (Å²) in [5.74, 6) is 1.14. The van der Waals surface area contributed by atoms with Crippen LogP contribution in [0.25, 0.3) is 0 Å². The maximum Gasteiger partial charge on any atom is 0.235 e. The van der Waals surface area contributed by atoms with Gasteiger partial charge in [-0.25, -0.2) is 0 Å². The number of halogens is 1. The number of unbranched alkanes of at least 4 members (excludes halogenated alkanes) is 7. The predicted molar refractivity (Wildman–Crippen MR) is 78.3 cm³/mol. The van der Waals surface area contributed by atoms with Crippen molar-refractivity contribution in [2.45, 2.75) is 62.6 Å².